The average Bonchev–Trinajstić information content (AvgIpc) is 3.14. The Bertz CT molecular complexity index is 1320. The molecule has 2 N–H and O–H groups in total. The van der Waals surface area contributed by atoms with Gasteiger partial charge in [0.2, 0.25) is 17.7 Å². The maximum absolute atomic E-state index is 14.7. The summed E-state index contributed by atoms with van der Waals surface area (Å²) in [5.41, 5.74) is -0.0123. The summed E-state index contributed by atoms with van der Waals surface area (Å²) in [4.78, 5) is 29.8. The number of aromatic nitrogens is 3. The fourth-order valence-corrected chi connectivity index (χ4v) is 3.07. The fourth-order valence-electron chi connectivity index (χ4n) is 3.07. The number of benzene rings is 1. The van der Waals surface area contributed by atoms with E-state index in [4.69, 9.17) is 4.74 Å². The monoisotopic (exact) mass is 483 g/mol. The minimum Gasteiger partial charge on any atom is -0.437 e. The molecule has 10 heteroatoms. The molecule has 0 saturated heterocycles. The molecular weight excluding hydrogens is 456 g/mol. The first kappa shape index (κ1) is 25.5. The Balaban J connectivity index is 1.70. The summed E-state index contributed by atoms with van der Waals surface area (Å²) < 4.78 is 35.2. The van der Waals surface area contributed by atoms with E-state index in [0.29, 0.717) is 12.1 Å². The van der Waals surface area contributed by atoms with Crippen LogP contribution in [0.15, 0.2) is 60.2 Å². The minimum absolute atomic E-state index is 0.124. The molecule has 8 nitrogen and oxygen atoms in total. The van der Waals surface area contributed by atoms with E-state index in [1.807, 2.05) is 13.8 Å². The lowest BCUT2D eigenvalue weighted by Crippen LogP contribution is -2.44. The number of nitrogens with zero attached hydrogens (tertiary/aromatic N) is 3. The molecule has 184 valence electrons. The maximum Gasteiger partial charge on any atom is 0.239 e. The molecule has 3 rings (SSSR count). The largest absolute Gasteiger partial charge is 0.437 e. The number of anilines is 1. The number of allylic oxidation sites excluding steroid dienone is 3. The molecule has 0 radical (unpaired) electrons. The van der Waals surface area contributed by atoms with Crippen molar-refractivity contribution >= 4 is 23.1 Å². The zero-order valence-corrected chi connectivity index (χ0v) is 20.1. The molecular formula is C25H27F2N5O3. The van der Waals surface area contributed by atoms with Gasteiger partial charge in [0.25, 0.3) is 0 Å². The molecule has 1 aromatic carbocycles. The van der Waals surface area contributed by atoms with Crippen LogP contribution < -0.4 is 15.4 Å². The number of ether oxygens (including phenoxy) is 1. The Morgan fingerprint density at radius 2 is 1.94 bits per heavy atom. The number of amides is 2. The van der Waals surface area contributed by atoms with Crippen LogP contribution in [0.25, 0.3) is 5.65 Å². The molecule has 0 atom stereocenters. The lowest BCUT2D eigenvalue weighted by atomic mass is 9.90. The highest BCUT2D eigenvalue weighted by atomic mass is 19.1. The van der Waals surface area contributed by atoms with Gasteiger partial charge in [-0.05, 0) is 58.4 Å². The highest BCUT2D eigenvalue weighted by Gasteiger charge is 2.36. The van der Waals surface area contributed by atoms with E-state index < -0.39 is 28.9 Å². The topological polar surface area (TPSA) is 97.6 Å². The van der Waals surface area contributed by atoms with E-state index in [-0.39, 0.29) is 23.0 Å². The van der Waals surface area contributed by atoms with Gasteiger partial charge in [-0.2, -0.15) is 0 Å². The number of hydrogen-bond acceptors (Lipinski definition) is 5. The number of rotatable bonds is 8. The van der Waals surface area contributed by atoms with Gasteiger partial charge in [-0.1, -0.05) is 13.0 Å². The smallest absolute Gasteiger partial charge is 0.239 e. The number of carbonyl (C=O) groups excluding carboxylic acids is 2. The number of imidazole rings is 1. The molecule has 2 aromatic heterocycles. The Hall–Kier alpha value is -4.08. The Kier molecular flexibility index (Phi) is 7.63. The Morgan fingerprint density at radius 1 is 1.20 bits per heavy atom. The third kappa shape index (κ3) is 6.28. The van der Waals surface area contributed by atoms with Gasteiger partial charge in [-0.3, -0.25) is 9.59 Å². The van der Waals surface area contributed by atoms with E-state index in [2.05, 4.69) is 20.7 Å². The average molecular weight is 484 g/mol. The Morgan fingerprint density at radius 3 is 2.60 bits per heavy atom. The van der Waals surface area contributed by atoms with Crippen LogP contribution in [0.3, 0.4) is 0 Å². The van der Waals surface area contributed by atoms with Gasteiger partial charge in [-0.25, -0.2) is 18.3 Å². The van der Waals surface area contributed by atoms with E-state index in [0.717, 1.165) is 17.8 Å². The van der Waals surface area contributed by atoms with E-state index in [1.165, 1.54) is 32.9 Å². The van der Waals surface area contributed by atoms with Crippen LogP contribution in [0.4, 0.5) is 14.5 Å². The van der Waals surface area contributed by atoms with Crippen LogP contribution in [0.5, 0.6) is 11.6 Å². The standard InChI is InChI=1S/C25H27F2N5O3/c1-6-7-17(12-15(2)26)29-23(33)25(4,5)24(34)30-20-9-8-18(13-19(20)27)35-22-11-10-21-28-16(3)14-32(21)31-22/h7-14H,6H2,1-5H3,(H,29,33)(H,30,34)/b15-12+,17-7+. The van der Waals surface area contributed by atoms with Crippen molar-refractivity contribution in [2.75, 3.05) is 5.32 Å². The van der Waals surface area contributed by atoms with Gasteiger partial charge in [0.05, 0.1) is 23.4 Å². The van der Waals surface area contributed by atoms with Crippen molar-refractivity contribution in [1.29, 1.82) is 0 Å². The molecule has 2 amide bonds. The molecule has 0 fully saturated rings. The molecule has 3 aromatic rings. The van der Waals surface area contributed by atoms with Gasteiger partial charge >= 0.3 is 0 Å². The molecule has 0 aliphatic rings. The molecule has 0 saturated carbocycles. The van der Waals surface area contributed by atoms with Gasteiger partial charge in [0, 0.05) is 17.8 Å². The second kappa shape index (κ2) is 10.5. The first-order valence-corrected chi connectivity index (χ1v) is 11.0. The maximum atomic E-state index is 14.7. The zero-order chi connectivity index (χ0) is 25.8. The van der Waals surface area contributed by atoms with E-state index >= 15 is 0 Å². The second-order valence-electron chi connectivity index (χ2n) is 8.43. The first-order valence-electron chi connectivity index (χ1n) is 11.0. The third-order valence-electron chi connectivity index (χ3n) is 5.00. The summed E-state index contributed by atoms with van der Waals surface area (Å²) in [6.45, 7) is 7.70. The van der Waals surface area contributed by atoms with Crippen molar-refractivity contribution < 1.29 is 23.1 Å². The van der Waals surface area contributed by atoms with Crippen molar-refractivity contribution in [3.05, 3.63) is 71.7 Å². The highest BCUT2D eigenvalue weighted by Crippen LogP contribution is 2.27. The van der Waals surface area contributed by atoms with E-state index in [1.54, 1.807) is 28.9 Å². The second-order valence-corrected chi connectivity index (χ2v) is 8.43. The fraction of sp³-hybridized carbons (Fsp3) is 0.280. The van der Waals surface area contributed by atoms with Crippen molar-refractivity contribution in [2.24, 2.45) is 5.41 Å². The van der Waals surface area contributed by atoms with Crippen molar-refractivity contribution in [3.8, 4) is 11.6 Å². The van der Waals surface area contributed by atoms with Crippen molar-refractivity contribution in [2.45, 2.75) is 41.0 Å². The number of carbonyl (C=O) groups is 2. The van der Waals surface area contributed by atoms with Crippen LogP contribution in [0.1, 0.15) is 39.8 Å². The number of halogens is 2. The third-order valence-corrected chi connectivity index (χ3v) is 5.00. The number of nitrogens with one attached hydrogen (secondary N) is 2. The number of fused-ring (bicyclic) bond motifs is 1. The SMILES string of the molecule is CC/C=C(\C=C(/C)F)NC(=O)C(C)(C)C(=O)Nc1ccc(Oc2ccc3nc(C)cn3n2)cc1F. The van der Waals surface area contributed by atoms with Crippen LogP contribution in [-0.4, -0.2) is 26.4 Å². The van der Waals surface area contributed by atoms with Gasteiger partial charge < -0.3 is 15.4 Å². The van der Waals surface area contributed by atoms with Gasteiger partial charge in [0.15, 0.2) is 5.65 Å². The van der Waals surface area contributed by atoms with Crippen LogP contribution in [0.2, 0.25) is 0 Å². The summed E-state index contributed by atoms with van der Waals surface area (Å²) in [7, 11) is 0. The lowest BCUT2D eigenvalue weighted by Gasteiger charge is -2.23. The minimum atomic E-state index is -1.57. The zero-order valence-electron chi connectivity index (χ0n) is 20.1. The summed E-state index contributed by atoms with van der Waals surface area (Å²) >= 11 is 0. The van der Waals surface area contributed by atoms with Crippen molar-refractivity contribution in [1.82, 2.24) is 19.9 Å². The molecule has 35 heavy (non-hydrogen) atoms. The quantitative estimate of drug-likeness (QED) is 0.338. The van der Waals surface area contributed by atoms with Crippen LogP contribution in [-0.2, 0) is 9.59 Å². The van der Waals surface area contributed by atoms with Gasteiger partial charge in [0.1, 0.15) is 17.0 Å². The summed E-state index contributed by atoms with van der Waals surface area (Å²) in [6, 6.07) is 7.23. The molecule has 0 unspecified atom stereocenters. The summed E-state index contributed by atoms with van der Waals surface area (Å²) in [5.74, 6) is -2.24. The van der Waals surface area contributed by atoms with E-state index in [9.17, 15) is 18.4 Å². The molecule has 0 aliphatic carbocycles. The van der Waals surface area contributed by atoms with Crippen molar-refractivity contribution in [3.63, 3.8) is 0 Å². The predicted octanol–water partition coefficient (Wildman–Crippen LogP) is 5.22. The first-order chi connectivity index (χ1) is 16.5. The molecule has 0 aliphatic heterocycles. The summed E-state index contributed by atoms with van der Waals surface area (Å²) in [6.07, 6.45) is 5.06. The van der Waals surface area contributed by atoms with Crippen LogP contribution in [0, 0.1) is 18.2 Å². The predicted molar refractivity (Wildman–Crippen MR) is 128 cm³/mol. The summed E-state index contributed by atoms with van der Waals surface area (Å²) in [5, 5.41) is 9.23. The normalized spacial score (nSPS) is 12.5. The number of hydrogen-bond donors (Lipinski definition) is 2. The number of aryl methyl sites for hydroxylation is 1. The Labute approximate surface area is 201 Å². The highest BCUT2D eigenvalue weighted by molar-refractivity contribution is 6.10. The molecule has 2 heterocycles. The molecule has 0 bridgehead atoms. The van der Waals surface area contributed by atoms with Crippen LogP contribution >= 0.6 is 0 Å². The lowest BCUT2D eigenvalue weighted by molar-refractivity contribution is -0.137. The van der Waals surface area contributed by atoms with Gasteiger partial charge in [-0.15, -0.1) is 5.10 Å². The molecule has 0 spiro atoms.